The molecule has 1 aliphatic heterocycles. The number of para-hydroxylation sites is 1. The molecule has 1 aliphatic rings. The molecule has 0 aliphatic carbocycles. The van der Waals surface area contributed by atoms with Crippen molar-refractivity contribution in [2.45, 2.75) is 13.3 Å². The molecule has 2 aromatic rings. The molecule has 1 fully saturated rings. The Morgan fingerprint density at radius 1 is 1.07 bits per heavy atom. The van der Waals surface area contributed by atoms with Crippen LogP contribution >= 0.6 is 12.2 Å². The van der Waals surface area contributed by atoms with Crippen molar-refractivity contribution in [3.8, 4) is 5.75 Å². The number of aryl methyl sites for hydroxylation is 1. The van der Waals surface area contributed by atoms with Gasteiger partial charge in [-0.15, -0.1) is 0 Å². The van der Waals surface area contributed by atoms with Crippen LogP contribution in [-0.2, 0) is 11.2 Å². The third kappa shape index (κ3) is 5.92. The average molecular weight is 413 g/mol. The number of carbonyl (C=O) groups is 1. The Morgan fingerprint density at radius 3 is 2.55 bits per heavy atom. The van der Waals surface area contributed by atoms with E-state index in [0.29, 0.717) is 11.7 Å². The van der Waals surface area contributed by atoms with Crippen molar-refractivity contribution >= 4 is 34.6 Å². The lowest BCUT2D eigenvalue weighted by Gasteiger charge is -2.35. The zero-order valence-corrected chi connectivity index (χ0v) is 17.8. The molecule has 0 unspecified atom stereocenters. The number of amides is 1. The normalized spacial score (nSPS) is 14.3. The highest BCUT2D eigenvalue weighted by atomic mass is 32.1. The van der Waals surface area contributed by atoms with Crippen molar-refractivity contribution in [3.05, 3.63) is 54.1 Å². The van der Waals surface area contributed by atoms with Crippen LogP contribution in [0.5, 0.6) is 5.75 Å². The van der Waals surface area contributed by atoms with E-state index < -0.39 is 0 Å². The molecule has 0 spiro atoms. The first kappa shape index (κ1) is 21.1. The van der Waals surface area contributed by atoms with Crippen molar-refractivity contribution in [1.29, 1.82) is 0 Å². The summed E-state index contributed by atoms with van der Waals surface area (Å²) in [4.78, 5) is 16.7. The molecule has 6 nitrogen and oxygen atoms in total. The summed E-state index contributed by atoms with van der Waals surface area (Å²) in [6, 6.07) is 15.7. The van der Waals surface area contributed by atoms with E-state index >= 15 is 0 Å². The van der Waals surface area contributed by atoms with Crippen LogP contribution in [0.4, 0.5) is 11.4 Å². The fourth-order valence-corrected chi connectivity index (χ4v) is 3.66. The number of methoxy groups -OCH3 is 1. The predicted octanol–water partition coefficient (Wildman–Crippen LogP) is 3.21. The van der Waals surface area contributed by atoms with Gasteiger partial charge in [-0.1, -0.05) is 31.2 Å². The maximum atomic E-state index is 12.4. The number of ether oxygens (including phenoxy) is 1. The van der Waals surface area contributed by atoms with Gasteiger partial charge in [-0.3, -0.25) is 9.69 Å². The molecule has 7 heteroatoms. The molecular weight excluding hydrogens is 384 g/mol. The Balaban J connectivity index is 1.46. The molecule has 1 amide bonds. The number of piperazine rings is 1. The zero-order chi connectivity index (χ0) is 20.6. The quantitative estimate of drug-likeness (QED) is 0.711. The van der Waals surface area contributed by atoms with E-state index in [-0.39, 0.29) is 5.91 Å². The predicted molar refractivity (Wildman–Crippen MR) is 122 cm³/mol. The fraction of sp³-hybridized carbons (Fsp3) is 0.364. The molecule has 0 saturated carbocycles. The van der Waals surface area contributed by atoms with Gasteiger partial charge in [-0.25, -0.2) is 0 Å². The van der Waals surface area contributed by atoms with Crippen LogP contribution in [0.3, 0.4) is 0 Å². The largest absolute Gasteiger partial charge is 0.497 e. The second kappa shape index (κ2) is 10.2. The molecule has 0 atom stereocenters. The Bertz CT molecular complexity index is 850. The van der Waals surface area contributed by atoms with Gasteiger partial charge in [0, 0.05) is 43.6 Å². The van der Waals surface area contributed by atoms with E-state index in [9.17, 15) is 4.79 Å². The number of benzene rings is 2. The molecule has 29 heavy (non-hydrogen) atoms. The highest BCUT2D eigenvalue weighted by Gasteiger charge is 2.21. The first-order valence-corrected chi connectivity index (χ1v) is 10.3. The molecule has 3 rings (SSSR count). The Morgan fingerprint density at radius 2 is 1.83 bits per heavy atom. The second-order valence-electron chi connectivity index (χ2n) is 6.98. The van der Waals surface area contributed by atoms with Crippen LogP contribution in [0.25, 0.3) is 0 Å². The lowest BCUT2D eigenvalue weighted by Crippen LogP contribution is -2.51. The Hall–Kier alpha value is -2.64. The molecule has 2 aromatic carbocycles. The van der Waals surface area contributed by atoms with Crippen LogP contribution in [0, 0.1) is 0 Å². The lowest BCUT2D eigenvalue weighted by molar-refractivity contribution is -0.117. The number of carbonyl (C=O) groups excluding carboxylic acids is 1. The SMILES string of the molecule is CCc1ccccc1NC(=O)CN1CCN(C(=S)Nc2cccc(OC)c2)CC1. The maximum absolute atomic E-state index is 12.4. The summed E-state index contributed by atoms with van der Waals surface area (Å²) >= 11 is 5.55. The summed E-state index contributed by atoms with van der Waals surface area (Å²) in [5.74, 6) is 0.815. The van der Waals surface area contributed by atoms with E-state index in [1.54, 1.807) is 7.11 Å². The summed E-state index contributed by atoms with van der Waals surface area (Å²) in [6.45, 7) is 5.64. The van der Waals surface area contributed by atoms with E-state index in [1.807, 2.05) is 48.5 Å². The third-order valence-electron chi connectivity index (χ3n) is 5.02. The van der Waals surface area contributed by atoms with Gasteiger partial charge in [0.2, 0.25) is 5.91 Å². The maximum Gasteiger partial charge on any atom is 0.238 e. The van der Waals surface area contributed by atoms with Crippen molar-refractivity contribution in [2.75, 3.05) is 50.5 Å². The van der Waals surface area contributed by atoms with Gasteiger partial charge < -0.3 is 20.3 Å². The minimum absolute atomic E-state index is 0.0245. The number of nitrogens with zero attached hydrogens (tertiary/aromatic N) is 2. The summed E-state index contributed by atoms with van der Waals surface area (Å²) in [7, 11) is 1.65. The van der Waals surface area contributed by atoms with Crippen molar-refractivity contribution < 1.29 is 9.53 Å². The van der Waals surface area contributed by atoms with Crippen LogP contribution in [-0.4, -0.2) is 60.7 Å². The van der Waals surface area contributed by atoms with E-state index in [2.05, 4.69) is 27.4 Å². The van der Waals surface area contributed by atoms with Gasteiger partial charge in [-0.2, -0.15) is 0 Å². The summed E-state index contributed by atoms with van der Waals surface area (Å²) in [6.07, 6.45) is 0.896. The first-order valence-electron chi connectivity index (χ1n) is 9.89. The highest BCUT2D eigenvalue weighted by Crippen LogP contribution is 2.18. The Labute approximate surface area is 177 Å². The second-order valence-corrected chi connectivity index (χ2v) is 7.37. The smallest absolute Gasteiger partial charge is 0.238 e. The van der Waals surface area contributed by atoms with Gasteiger partial charge in [0.25, 0.3) is 0 Å². The van der Waals surface area contributed by atoms with Gasteiger partial charge >= 0.3 is 0 Å². The molecule has 0 bridgehead atoms. The van der Waals surface area contributed by atoms with Crippen LogP contribution < -0.4 is 15.4 Å². The fourth-order valence-electron chi connectivity index (χ4n) is 3.36. The van der Waals surface area contributed by atoms with Crippen LogP contribution in [0.2, 0.25) is 0 Å². The molecule has 154 valence electrons. The summed E-state index contributed by atoms with van der Waals surface area (Å²) < 4.78 is 5.25. The van der Waals surface area contributed by atoms with Gasteiger partial charge in [0.15, 0.2) is 5.11 Å². The first-order chi connectivity index (χ1) is 14.1. The summed E-state index contributed by atoms with van der Waals surface area (Å²) in [5, 5.41) is 7.00. The number of thiocarbonyl (C=S) groups is 1. The number of rotatable bonds is 6. The topological polar surface area (TPSA) is 56.8 Å². The van der Waals surface area contributed by atoms with Crippen molar-refractivity contribution in [1.82, 2.24) is 9.80 Å². The standard InChI is InChI=1S/C22H28N4O2S/c1-3-17-7-4-5-10-20(17)24-21(27)16-25-11-13-26(14-12-25)22(29)23-18-8-6-9-19(15-18)28-2/h4-10,15H,3,11-14,16H2,1-2H3,(H,23,29)(H,24,27). The monoisotopic (exact) mass is 412 g/mol. The number of anilines is 2. The third-order valence-corrected chi connectivity index (χ3v) is 5.38. The van der Waals surface area contributed by atoms with Crippen molar-refractivity contribution in [3.63, 3.8) is 0 Å². The van der Waals surface area contributed by atoms with Crippen LogP contribution in [0.15, 0.2) is 48.5 Å². The molecule has 1 saturated heterocycles. The molecule has 2 N–H and O–H groups in total. The van der Waals surface area contributed by atoms with Crippen molar-refractivity contribution in [2.24, 2.45) is 0 Å². The number of hydrogen-bond acceptors (Lipinski definition) is 4. The Kier molecular flexibility index (Phi) is 7.43. The molecule has 0 aromatic heterocycles. The molecule has 1 heterocycles. The van der Waals surface area contributed by atoms with E-state index in [1.165, 1.54) is 0 Å². The van der Waals surface area contributed by atoms with Crippen LogP contribution in [0.1, 0.15) is 12.5 Å². The van der Waals surface area contributed by atoms with Gasteiger partial charge in [-0.05, 0) is 42.4 Å². The average Bonchev–Trinajstić information content (AvgIpc) is 2.74. The molecule has 0 radical (unpaired) electrons. The number of nitrogens with one attached hydrogen (secondary N) is 2. The molecular formula is C22H28N4O2S. The summed E-state index contributed by atoms with van der Waals surface area (Å²) in [5.41, 5.74) is 2.97. The van der Waals surface area contributed by atoms with E-state index in [0.717, 1.165) is 55.3 Å². The minimum Gasteiger partial charge on any atom is -0.497 e. The zero-order valence-electron chi connectivity index (χ0n) is 17.0. The van der Waals surface area contributed by atoms with Gasteiger partial charge in [0.1, 0.15) is 5.75 Å². The lowest BCUT2D eigenvalue weighted by atomic mass is 10.1. The van der Waals surface area contributed by atoms with E-state index in [4.69, 9.17) is 17.0 Å². The van der Waals surface area contributed by atoms with Gasteiger partial charge in [0.05, 0.1) is 13.7 Å². The minimum atomic E-state index is 0.0245. The highest BCUT2D eigenvalue weighted by molar-refractivity contribution is 7.80. The number of hydrogen-bond donors (Lipinski definition) is 2.